The summed E-state index contributed by atoms with van der Waals surface area (Å²) in [5, 5.41) is 1.06. The predicted molar refractivity (Wildman–Crippen MR) is 103 cm³/mol. The van der Waals surface area contributed by atoms with Crippen LogP contribution in [-0.4, -0.2) is 35.0 Å². The van der Waals surface area contributed by atoms with E-state index in [4.69, 9.17) is 4.74 Å². The van der Waals surface area contributed by atoms with Crippen LogP contribution in [0.2, 0.25) is 0 Å². The van der Waals surface area contributed by atoms with Crippen LogP contribution in [0.4, 0.5) is 0 Å². The molecule has 0 radical (unpaired) electrons. The summed E-state index contributed by atoms with van der Waals surface area (Å²) in [5.74, 6) is 0.804. The Morgan fingerprint density at radius 3 is 2.81 bits per heavy atom. The molecule has 0 N–H and O–H groups in total. The van der Waals surface area contributed by atoms with E-state index in [0.29, 0.717) is 13.1 Å². The highest BCUT2D eigenvalue weighted by molar-refractivity contribution is 5.92. The topological polar surface area (TPSA) is 42.4 Å². The van der Waals surface area contributed by atoms with E-state index in [1.165, 1.54) is 0 Å². The van der Waals surface area contributed by atoms with Crippen molar-refractivity contribution in [1.29, 1.82) is 0 Å². The Labute approximate surface area is 152 Å². The zero-order chi connectivity index (χ0) is 17.8. The van der Waals surface area contributed by atoms with Crippen LogP contribution in [0.1, 0.15) is 12.0 Å². The van der Waals surface area contributed by atoms with Gasteiger partial charge < -0.3 is 9.64 Å². The van der Waals surface area contributed by atoms with Crippen molar-refractivity contribution in [3.8, 4) is 5.75 Å². The van der Waals surface area contributed by atoms with Crippen LogP contribution in [0.5, 0.6) is 5.75 Å². The fraction of sp³-hybridized carbons (Fsp3) is 0.182. The van der Waals surface area contributed by atoms with Crippen molar-refractivity contribution in [2.45, 2.75) is 12.5 Å². The fourth-order valence-electron chi connectivity index (χ4n) is 3.21. The maximum absolute atomic E-state index is 12.4. The van der Waals surface area contributed by atoms with Gasteiger partial charge in [-0.05, 0) is 23.8 Å². The number of aromatic nitrogens is 1. The summed E-state index contributed by atoms with van der Waals surface area (Å²) < 4.78 is 6.15. The van der Waals surface area contributed by atoms with E-state index in [0.717, 1.165) is 28.6 Å². The van der Waals surface area contributed by atoms with Gasteiger partial charge >= 0.3 is 0 Å². The number of nitrogens with zero attached hydrogens (tertiary/aromatic N) is 2. The average Bonchev–Trinajstić information content (AvgIpc) is 3.16. The molecule has 130 valence electrons. The molecular formula is C22H20N2O2. The van der Waals surface area contributed by atoms with Gasteiger partial charge in [0.1, 0.15) is 17.4 Å². The lowest BCUT2D eigenvalue weighted by atomic mass is 10.2. The molecule has 1 amide bonds. The van der Waals surface area contributed by atoms with Crippen molar-refractivity contribution in [2.24, 2.45) is 0 Å². The molecule has 0 spiro atoms. The third kappa shape index (κ3) is 3.59. The van der Waals surface area contributed by atoms with Gasteiger partial charge in [0.05, 0.1) is 6.54 Å². The minimum atomic E-state index is -0.00307. The van der Waals surface area contributed by atoms with Gasteiger partial charge in [0.25, 0.3) is 0 Å². The molecule has 2 heterocycles. The van der Waals surface area contributed by atoms with Crippen LogP contribution in [0, 0.1) is 0 Å². The molecule has 0 saturated carbocycles. The second kappa shape index (κ2) is 7.40. The Kier molecular flexibility index (Phi) is 4.65. The number of carbonyl (C=O) groups is 1. The van der Waals surface area contributed by atoms with Gasteiger partial charge in [0, 0.05) is 30.6 Å². The van der Waals surface area contributed by atoms with Gasteiger partial charge in [0.2, 0.25) is 5.91 Å². The van der Waals surface area contributed by atoms with Gasteiger partial charge in [-0.2, -0.15) is 0 Å². The Morgan fingerprint density at radius 1 is 1.08 bits per heavy atom. The van der Waals surface area contributed by atoms with E-state index >= 15 is 0 Å². The van der Waals surface area contributed by atoms with E-state index in [9.17, 15) is 4.79 Å². The molecule has 2 aromatic carbocycles. The number of pyridine rings is 1. The summed E-state index contributed by atoms with van der Waals surface area (Å²) in [7, 11) is 0. The van der Waals surface area contributed by atoms with Gasteiger partial charge in [-0.25, -0.2) is 0 Å². The van der Waals surface area contributed by atoms with Gasteiger partial charge in [-0.15, -0.1) is 0 Å². The number of amides is 1. The number of hydrogen-bond donors (Lipinski definition) is 0. The Balaban J connectivity index is 1.40. The van der Waals surface area contributed by atoms with E-state index in [-0.39, 0.29) is 12.0 Å². The average molecular weight is 344 g/mol. The van der Waals surface area contributed by atoms with Crippen molar-refractivity contribution in [2.75, 3.05) is 13.1 Å². The summed E-state index contributed by atoms with van der Waals surface area (Å²) in [4.78, 5) is 18.7. The largest absolute Gasteiger partial charge is 0.486 e. The normalized spacial score (nSPS) is 17.1. The zero-order valence-corrected chi connectivity index (χ0v) is 14.4. The highest BCUT2D eigenvalue weighted by Crippen LogP contribution is 2.26. The summed E-state index contributed by atoms with van der Waals surface area (Å²) in [5.41, 5.74) is 1.89. The van der Waals surface area contributed by atoms with Crippen LogP contribution >= 0.6 is 0 Å². The monoisotopic (exact) mass is 344 g/mol. The van der Waals surface area contributed by atoms with Gasteiger partial charge in [0.15, 0.2) is 0 Å². The molecule has 1 aliphatic rings. The van der Waals surface area contributed by atoms with Crippen LogP contribution in [-0.2, 0) is 4.79 Å². The Hall–Kier alpha value is -3.14. The SMILES string of the molecule is O=C(/C=C/c1ccccc1)N1CCC(Oc2cccc3cccnc23)C1. The van der Waals surface area contributed by atoms with E-state index in [1.807, 2.05) is 71.6 Å². The summed E-state index contributed by atoms with van der Waals surface area (Å²) in [6.07, 6.45) is 6.08. The third-order valence-electron chi connectivity index (χ3n) is 4.56. The molecule has 1 saturated heterocycles. The molecular weight excluding hydrogens is 324 g/mol. The molecule has 1 aliphatic heterocycles. The highest BCUT2D eigenvalue weighted by atomic mass is 16.5. The lowest BCUT2D eigenvalue weighted by Gasteiger charge is -2.16. The number of fused-ring (bicyclic) bond motifs is 1. The van der Waals surface area contributed by atoms with Crippen molar-refractivity contribution in [3.05, 3.63) is 78.5 Å². The minimum Gasteiger partial charge on any atom is -0.486 e. The molecule has 0 bridgehead atoms. The number of para-hydroxylation sites is 1. The predicted octanol–water partition coefficient (Wildman–Crippen LogP) is 3.93. The van der Waals surface area contributed by atoms with Crippen molar-refractivity contribution in [1.82, 2.24) is 9.88 Å². The number of ether oxygens (including phenoxy) is 1. The standard InChI is InChI=1S/C22H20N2O2/c25-21(12-11-17-6-2-1-3-7-17)24-15-13-19(16-24)26-20-10-4-8-18-9-5-14-23-22(18)20/h1-12,14,19H,13,15-16H2/b12-11+. The molecule has 1 unspecified atom stereocenters. The van der Waals surface area contributed by atoms with Crippen molar-refractivity contribution in [3.63, 3.8) is 0 Å². The zero-order valence-electron chi connectivity index (χ0n) is 14.4. The number of carbonyl (C=O) groups excluding carboxylic acids is 1. The lowest BCUT2D eigenvalue weighted by molar-refractivity contribution is -0.125. The quantitative estimate of drug-likeness (QED) is 0.674. The lowest BCUT2D eigenvalue weighted by Crippen LogP contribution is -2.29. The Morgan fingerprint density at radius 2 is 1.92 bits per heavy atom. The van der Waals surface area contributed by atoms with Gasteiger partial charge in [-0.3, -0.25) is 9.78 Å². The molecule has 1 fully saturated rings. The first-order valence-corrected chi connectivity index (χ1v) is 8.82. The second-order valence-electron chi connectivity index (χ2n) is 6.39. The minimum absolute atomic E-state index is 0.00307. The van der Waals surface area contributed by atoms with E-state index in [1.54, 1.807) is 12.3 Å². The maximum Gasteiger partial charge on any atom is 0.246 e. The first kappa shape index (κ1) is 16.3. The number of benzene rings is 2. The molecule has 1 atom stereocenters. The van der Waals surface area contributed by atoms with Crippen LogP contribution < -0.4 is 4.74 Å². The Bertz CT molecular complexity index is 932. The number of rotatable bonds is 4. The molecule has 4 rings (SSSR count). The fourth-order valence-corrected chi connectivity index (χ4v) is 3.21. The van der Waals surface area contributed by atoms with Crippen LogP contribution in [0.25, 0.3) is 17.0 Å². The van der Waals surface area contributed by atoms with Gasteiger partial charge in [-0.1, -0.05) is 48.5 Å². The summed E-state index contributed by atoms with van der Waals surface area (Å²) in [6.45, 7) is 1.31. The van der Waals surface area contributed by atoms with Crippen LogP contribution in [0.15, 0.2) is 72.9 Å². The molecule has 4 nitrogen and oxygen atoms in total. The first-order valence-electron chi connectivity index (χ1n) is 8.82. The van der Waals surface area contributed by atoms with E-state index in [2.05, 4.69) is 4.98 Å². The molecule has 3 aromatic rings. The third-order valence-corrected chi connectivity index (χ3v) is 4.56. The van der Waals surface area contributed by atoms with Crippen LogP contribution in [0.3, 0.4) is 0 Å². The number of hydrogen-bond acceptors (Lipinski definition) is 3. The molecule has 4 heteroatoms. The second-order valence-corrected chi connectivity index (χ2v) is 6.39. The number of likely N-dealkylation sites (tertiary alicyclic amines) is 1. The summed E-state index contributed by atoms with van der Waals surface area (Å²) in [6, 6.07) is 19.7. The molecule has 0 aliphatic carbocycles. The highest BCUT2D eigenvalue weighted by Gasteiger charge is 2.26. The summed E-state index contributed by atoms with van der Waals surface area (Å²) >= 11 is 0. The van der Waals surface area contributed by atoms with Crippen molar-refractivity contribution >= 4 is 22.9 Å². The smallest absolute Gasteiger partial charge is 0.246 e. The van der Waals surface area contributed by atoms with E-state index < -0.39 is 0 Å². The molecule has 26 heavy (non-hydrogen) atoms. The molecule has 1 aromatic heterocycles. The van der Waals surface area contributed by atoms with Crippen molar-refractivity contribution < 1.29 is 9.53 Å². The maximum atomic E-state index is 12.4. The first-order chi connectivity index (χ1) is 12.8.